The van der Waals surface area contributed by atoms with E-state index in [4.69, 9.17) is 4.74 Å². The number of hydrogen-bond acceptors (Lipinski definition) is 2. The van der Waals surface area contributed by atoms with Crippen molar-refractivity contribution in [3.05, 3.63) is 0 Å². The minimum atomic E-state index is -0.0825. The predicted molar refractivity (Wildman–Crippen MR) is 68.7 cm³/mol. The van der Waals surface area contributed by atoms with Crippen molar-refractivity contribution in [2.75, 3.05) is 26.8 Å². The second-order valence-corrected chi connectivity index (χ2v) is 5.91. The summed E-state index contributed by atoms with van der Waals surface area (Å²) in [5, 5.41) is 0. The van der Waals surface area contributed by atoms with Gasteiger partial charge in [0.2, 0.25) is 5.91 Å². The molecule has 1 saturated carbocycles. The molecular weight excluding hydrogens is 270 g/mol. The molecule has 3 nitrogen and oxygen atoms in total. The summed E-state index contributed by atoms with van der Waals surface area (Å²) in [7, 11) is 1.83. The van der Waals surface area contributed by atoms with Crippen molar-refractivity contribution in [1.29, 1.82) is 0 Å². The number of ether oxygens (including phenoxy) is 1. The highest BCUT2D eigenvalue weighted by molar-refractivity contribution is 9.10. The molecule has 1 atom stereocenters. The molecular formula is C12H22BrNO2. The zero-order valence-corrected chi connectivity index (χ0v) is 12.0. The Labute approximate surface area is 107 Å². The maximum Gasteiger partial charge on any atom is 0.236 e. The number of halogens is 1. The second-order valence-electron chi connectivity index (χ2n) is 4.92. The molecule has 0 N–H and O–H groups in total. The number of alkyl halides is 1. The Morgan fingerprint density at radius 1 is 1.50 bits per heavy atom. The Balaban J connectivity index is 2.11. The van der Waals surface area contributed by atoms with Crippen LogP contribution in [0.5, 0.6) is 0 Å². The van der Waals surface area contributed by atoms with Crippen LogP contribution in [-0.2, 0) is 9.53 Å². The molecule has 0 aromatic rings. The van der Waals surface area contributed by atoms with Crippen molar-refractivity contribution in [1.82, 2.24) is 4.90 Å². The first-order valence-electron chi connectivity index (χ1n) is 5.99. The first kappa shape index (κ1) is 14.0. The van der Waals surface area contributed by atoms with Gasteiger partial charge in [-0.25, -0.2) is 0 Å². The van der Waals surface area contributed by atoms with Crippen LogP contribution >= 0.6 is 15.9 Å². The van der Waals surface area contributed by atoms with Crippen LogP contribution in [0.1, 0.15) is 26.7 Å². The van der Waals surface area contributed by atoms with E-state index in [0.29, 0.717) is 19.1 Å². The monoisotopic (exact) mass is 291 g/mol. The maximum absolute atomic E-state index is 11.8. The molecule has 94 valence electrons. The van der Waals surface area contributed by atoms with Gasteiger partial charge < -0.3 is 9.64 Å². The minimum absolute atomic E-state index is 0.0825. The van der Waals surface area contributed by atoms with E-state index in [9.17, 15) is 4.79 Å². The predicted octanol–water partition coefficient (Wildman–Crippen LogP) is 2.29. The molecule has 1 unspecified atom stereocenters. The maximum atomic E-state index is 11.8. The van der Waals surface area contributed by atoms with E-state index in [1.165, 1.54) is 12.8 Å². The standard InChI is InChI=1S/C12H22BrNO2/c1-9(2)11(13)12(15)14(3)6-7-16-8-10-4-5-10/h9-11H,4-8H2,1-3H3. The fourth-order valence-electron chi connectivity index (χ4n) is 1.34. The van der Waals surface area contributed by atoms with E-state index in [1.807, 2.05) is 20.9 Å². The van der Waals surface area contributed by atoms with Crippen LogP contribution in [0, 0.1) is 11.8 Å². The average Bonchev–Trinajstić information content (AvgIpc) is 3.05. The summed E-state index contributed by atoms with van der Waals surface area (Å²) in [5.41, 5.74) is 0. The van der Waals surface area contributed by atoms with Gasteiger partial charge in [-0.2, -0.15) is 0 Å². The van der Waals surface area contributed by atoms with Crippen molar-refractivity contribution in [3.63, 3.8) is 0 Å². The van der Waals surface area contributed by atoms with Gasteiger partial charge in [0.05, 0.1) is 11.4 Å². The van der Waals surface area contributed by atoms with Crippen LogP contribution in [0.4, 0.5) is 0 Å². The van der Waals surface area contributed by atoms with Gasteiger partial charge in [0.15, 0.2) is 0 Å². The van der Waals surface area contributed by atoms with E-state index >= 15 is 0 Å². The lowest BCUT2D eigenvalue weighted by Crippen LogP contribution is -2.37. The molecule has 0 bridgehead atoms. The van der Waals surface area contributed by atoms with Gasteiger partial charge in [0.25, 0.3) is 0 Å². The van der Waals surface area contributed by atoms with Crippen LogP contribution in [0.15, 0.2) is 0 Å². The topological polar surface area (TPSA) is 29.5 Å². The van der Waals surface area contributed by atoms with Crippen LogP contribution in [0.3, 0.4) is 0 Å². The highest BCUT2D eigenvalue weighted by Gasteiger charge is 2.23. The third-order valence-electron chi connectivity index (χ3n) is 2.82. The zero-order valence-electron chi connectivity index (χ0n) is 10.4. The van der Waals surface area contributed by atoms with E-state index in [0.717, 1.165) is 12.5 Å². The lowest BCUT2D eigenvalue weighted by atomic mass is 10.1. The average molecular weight is 292 g/mol. The van der Waals surface area contributed by atoms with Crippen molar-refractivity contribution in [2.24, 2.45) is 11.8 Å². The summed E-state index contributed by atoms with van der Waals surface area (Å²) in [4.78, 5) is 13.5. The molecule has 1 rings (SSSR count). The molecule has 0 aromatic heterocycles. The van der Waals surface area contributed by atoms with Crippen molar-refractivity contribution >= 4 is 21.8 Å². The van der Waals surface area contributed by atoms with Crippen LogP contribution in [0.2, 0.25) is 0 Å². The van der Waals surface area contributed by atoms with Crippen molar-refractivity contribution in [3.8, 4) is 0 Å². The SMILES string of the molecule is CC(C)C(Br)C(=O)N(C)CCOCC1CC1. The Bertz CT molecular complexity index is 229. The smallest absolute Gasteiger partial charge is 0.236 e. The van der Waals surface area contributed by atoms with Crippen LogP contribution in [-0.4, -0.2) is 42.4 Å². The Hall–Kier alpha value is -0.0900. The second kappa shape index (κ2) is 6.60. The molecule has 1 amide bonds. The van der Waals surface area contributed by atoms with Gasteiger partial charge in [-0.15, -0.1) is 0 Å². The summed E-state index contributed by atoms with van der Waals surface area (Å²) in [6.45, 7) is 6.27. The Morgan fingerprint density at radius 2 is 2.12 bits per heavy atom. The summed E-state index contributed by atoms with van der Waals surface area (Å²) in [6.07, 6.45) is 2.62. The van der Waals surface area contributed by atoms with Gasteiger partial charge >= 0.3 is 0 Å². The molecule has 1 aliphatic carbocycles. The number of carbonyl (C=O) groups is 1. The first-order valence-corrected chi connectivity index (χ1v) is 6.90. The van der Waals surface area contributed by atoms with Gasteiger partial charge in [-0.3, -0.25) is 4.79 Å². The van der Waals surface area contributed by atoms with E-state index in [2.05, 4.69) is 15.9 Å². The van der Waals surface area contributed by atoms with Gasteiger partial charge in [-0.1, -0.05) is 29.8 Å². The summed E-state index contributed by atoms with van der Waals surface area (Å²) in [5.74, 6) is 1.26. The largest absolute Gasteiger partial charge is 0.379 e. The van der Waals surface area contributed by atoms with Crippen molar-refractivity contribution < 1.29 is 9.53 Å². The lowest BCUT2D eigenvalue weighted by molar-refractivity contribution is -0.130. The fraction of sp³-hybridized carbons (Fsp3) is 0.917. The Kier molecular flexibility index (Phi) is 5.76. The van der Waals surface area contributed by atoms with Gasteiger partial charge in [0.1, 0.15) is 0 Å². The third-order valence-corrected chi connectivity index (χ3v) is 4.27. The minimum Gasteiger partial charge on any atom is -0.379 e. The first-order chi connectivity index (χ1) is 7.52. The highest BCUT2D eigenvalue weighted by atomic mass is 79.9. The molecule has 0 saturated heterocycles. The van der Waals surface area contributed by atoms with E-state index < -0.39 is 0 Å². The highest BCUT2D eigenvalue weighted by Crippen LogP contribution is 2.28. The number of carbonyl (C=O) groups excluding carboxylic acids is 1. The molecule has 0 aromatic carbocycles. The van der Waals surface area contributed by atoms with Gasteiger partial charge in [0, 0.05) is 20.2 Å². The molecule has 4 heteroatoms. The number of nitrogens with zero attached hydrogens (tertiary/aromatic N) is 1. The summed E-state index contributed by atoms with van der Waals surface area (Å²) < 4.78 is 5.51. The number of rotatable bonds is 7. The quantitative estimate of drug-likeness (QED) is 0.532. The van der Waals surface area contributed by atoms with Crippen molar-refractivity contribution in [2.45, 2.75) is 31.5 Å². The fourth-order valence-corrected chi connectivity index (χ4v) is 1.69. The molecule has 1 aliphatic rings. The number of likely N-dealkylation sites (N-methyl/N-ethyl adjacent to an activating group) is 1. The lowest BCUT2D eigenvalue weighted by Gasteiger charge is -2.22. The number of hydrogen-bond donors (Lipinski definition) is 0. The normalized spacial score (nSPS) is 17.6. The molecule has 16 heavy (non-hydrogen) atoms. The van der Waals surface area contributed by atoms with Crippen LogP contribution < -0.4 is 0 Å². The molecule has 0 radical (unpaired) electrons. The van der Waals surface area contributed by atoms with E-state index in [-0.39, 0.29) is 10.7 Å². The van der Waals surface area contributed by atoms with Crippen LogP contribution in [0.25, 0.3) is 0 Å². The summed E-state index contributed by atoms with van der Waals surface area (Å²) in [6, 6.07) is 0. The molecule has 1 fully saturated rings. The number of amides is 1. The summed E-state index contributed by atoms with van der Waals surface area (Å²) >= 11 is 3.42. The zero-order chi connectivity index (χ0) is 12.1. The van der Waals surface area contributed by atoms with Gasteiger partial charge in [-0.05, 0) is 24.7 Å². The molecule has 0 heterocycles. The molecule has 0 spiro atoms. The molecule has 0 aliphatic heterocycles. The Morgan fingerprint density at radius 3 is 2.62 bits per heavy atom. The third kappa shape index (κ3) is 4.83. The van der Waals surface area contributed by atoms with E-state index in [1.54, 1.807) is 4.90 Å².